The van der Waals surface area contributed by atoms with E-state index in [9.17, 15) is 9.59 Å². The van der Waals surface area contributed by atoms with Gasteiger partial charge in [-0.05, 0) is 72.6 Å². The molecule has 0 saturated carbocycles. The fourth-order valence-corrected chi connectivity index (χ4v) is 6.53. The third-order valence-corrected chi connectivity index (χ3v) is 8.33. The van der Waals surface area contributed by atoms with Gasteiger partial charge in [-0.1, -0.05) is 23.7 Å². The van der Waals surface area contributed by atoms with Crippen LogP contribution in [0.5, 0.6) is 5.75 Å². The molecule has 1 N–H and O–H groups in total. The van der Waals surface area contributed by atoms with Gasteiger partial charge < -0.3 is 10.1 Å². The summed E-state index contributed by atoms with van der Waals surface area (Å²) in [4.78, 5) is 28.2. The average Bonchev–Trinajstić information content (AvgIpc) is 3.54. The van der Waals surface area contributed by atoms with Crippen LogP contribution in [0.25, 0.3) is 16.9 Å². The zero-order valence-electron chi connectivity index (χ0n) is 21.2. The Balaban J connectivity index is 1.78. The Labute approximate surface area is 234 Å². The van der Waals surface area contributed by atoms with Crippen molar-refractivity contribution in [1.29, 1.82) is 0 Å². The van der Waals surface area contributed by atoms with Crippen LogP contribution < -0.4 is 15.0 Å². The van der Waals surface area contributed by atoms with Gasteiger partial charge >= 0.3 is 0 Å². The normalized spacial score (nSPS) is 15.3. The van der Waals surface area contributed by atoms with Gasteiger partial charge in [0.15, 0.2) is 0 Å². The number of aromatic nitrogens is 2. The molecule has 1 atom stereocenters. The molecule has 0 saturated heterocycles. The standard InChI is InChI=1S/C28H27ClN4O3S2/c1-17(2)30-23(34)14-32-24(35)16-38-27(19-12-13-37-15-19)25-26(18-4-6-20(29)7-5-18)31-33(28(25)32)21-8-10-22(36-3)11-9-21/h4-13,15,17,27H,14,16H2,1-3H3,(H,30,34)/t27-/m0/s1. The summed E-state index contributed by atoms with van der Waals surface area (Å²) in [5.74, 6) is 1.15. The molecule has 0 bridgehead atoms. The predicted octanol–water partition coefficient (Wildman–Crippen LogP) is 5.96. The second-order valence-corrected chi connectivity index (χ2v) is 11.5. The van der Waals surface area contributed by atoms with Crippen molar-refractivity contribution in [2.75, 3.05) is 24.3 Å². The van der Waals surface area contributed by atoms with E-state index in [0.29, 0.717) is 16.6 Å². The molecule has 3 heterocycles. The van der Waals surface area contributed by atoms with Crippen LogP contribution in [-0.4, -0.2) is 47.0 Å². The number of thiophene rings is 1. The summed E-state index contributed by atoms with van der Waals surface area (Å²) in [5.41, 5.74) is 4.34. The molecule has 0 spiro atoms. The molecule has 1 aliphatic heterocycles. The number of nitrogens with one attached hydrogen (secondary N) is 1. The van der Waals surface area contributed by atoms with E-state index in [0.717, 1.165) is 28.1 Å². The van der Waals surface area contributed by atoms with Crippen LogP contribution >= 0.6 is 34.7 Å². The first-order valence-corrected chi connectivity index (χ1v) is 14.5. The zero-order chi connectivity index (χ0) is 26.8. The number of carbonyl (C=O) groups excluding carboxylic acids is 2. The van der Waals surface area contributed by atoms with E-state index in [1.165, 1.54) is 0 Å². The van der Waals surface area contributed by atoms with E-state index >= 15 is 0 Å². The molecule has 2 amide bonds. The number of nitrogens with zero attached hydrogens (tertiary/aromatic N) is 3. The highest BCUT2D eigenvalue weighted by Crippen LogP contribution is 2.49. The number of thioether (sulfide) groups is 1. The van der Waals surface area contributed by atoms with Crippen LogP contribution in [-0.2, 0) is 9.59 Å². The second kappa shape index (κ2) is 11.2. The van der Waals surface area contributed by atoms with Crippen molar-refractivity contribution in [2.24, 2.45) is 0 Å². The first kappa shape index (κ1) is 26.3. The lowest BCUT2D eigenvalue weighted by atomic mass is 10.0. The lowest BCUT2D eigenvalue weighted by molar-refractivity contribution is -0.123. The first-order chi connectivity index (χ1) is 18.4. The van der Waals surface area contributed by atoms with Gasteiger partial charge in [0.2, 0.25) is 11.8 Å². The summed E-state index contributed by atoms with van der Waals surface area (Å²) in [6.45, 7) is 3.69. The van der Waals surface area contributed by atoms with Crippen molar-refractivity contribution in [3.8, 4) is 22.7 Å². The van der Waals surface area contributed by atoms with Crippen molar-refractivity contribution in [1.82, 2.24) is 15.1 Å². The van der Waals surface area contributed by atoms with Gasteiger partial charge in [-0.15, -0.1) is 11.8 Å². The molecular formula is C28H27ClN4O3S2. The molecular weight excluding hydrogens is 540 g/mol. The Bertz CT molecular complexity index is 1430. The third-order valence-electron chi connectivity index (χ3n) is 6.12. The summed E-state index contributed by atoms with van der Waals surface area (Å²) in [7, 11) is 1.62. The summed E-state index contributed by atoms with van der Waals surface area (Å²) in [5, 5.41) is 12.6. The molecule has 1 aliphatic rings. The van der Waals surface area contributed by atoms with Crippen molar-refractivity contribution in [3.05, 3.63) is 81.5 Å². The topological polar surface area (TPSA) is 76.5 Å². The highest BCUT2D eigenvalue weighted by atomic mass is 35.5. The quantitative estimate of drug-likeness (QED) is 0.299. The Morgan fingerprint density at radius 3 is 2.53 bits per heavy atom. The highest BCUT2D eigenvalue weighted by Gasteiger charge is 2.37. The van der Waals surface area contributed by atoms with Crippen molar-refractivity contribution >= 4 is 52.3 Å². The SMILES string of the molecule is COc1ccc(-n2nc(-c3ccc(Cl)cc3)c3c2N(CC(=O)NC(C)C)C(=O)CS[C@H]3c2ccsc2)cc1. The largest absolute Gasteiger partial charge is 0.497 e. The highest BCUT2D eigenvalue weighted by molar-refractivity contribution is 8.00. The molecule has 2 aromatic heterocycles. The lowest BCUT2D eigenvalue weighted by Crippen LogP contribution is -2.44. The maximum absolute atomic E-state index is 13.6. The fraction of sp³-hybridized carbons (Fsp3) is 0.250. The van der Waals surface area contributed by atoms with Crippen LogP contribution in [0, 0.1) is 0 Å². The number of benzene rings is 2. The number of carbonyl (C=O) groups is 2. The number of amides is 2. The Morgan fingerprint density at radius 1 is 1.16 bits per heavy atom. The molecule has 0 unspecified atom stereocenters. The molecule has 0 radical (unpaired) electrons. The monoisotopic (exact) mass is 566 g/mol. The van der Waals surface area contributed by atoms with Gasteiger partial charge in [0.05, 0.1) is 29.5 Å². The van der Waals surface area contributed by atoms with Crippen LogP contribution in [0.4, 0.5) is 5.82 Å². The van der Waals surface area contributed by atoms with Crippen LogP contribution in [0.3, 0.4) is 0 Å². The van der Waals surface area contributed by atoms with Gasteiger partial charge in [-0.3, -0.25) is 14.5 Å². The number of hydrogen-bond acceptors (Lipinski definition) is 6. The van der Waals surface area contributed by atoms with E-state index in [1.54, 1.807) is 39.8 Å². The molecule has 2 aromatic carbocycles. The van der Waals surface area contributed by atoms with Crippen molar-refractivity contribution < 1.29 is 14.3 Å². The number of ether oxygens (including phenoxy) is 1. The lowest BCUT2D eigenvalue weighted by Gasteiger charge is -2.23. The van der Waals surface area contributed by atoms with Gasteiger partial charge in [-0.2, -0.15) is 16.4 Å². The predicted molar refractivity (Wildman–Crippen MR) is 155 cm³/mol. The van der Waals surface area contributed by atoms with E-state index in [2.05, 4.69) is 16.8 Å². The van der Waals surface area contributed by atoms with Crippen molar-refractivity contribution in [2.45, 2.75) is 25.1 Å². The summed E-state index contributed by atoms with van der Waals surface area (Å²) in [6.07, 6.45) is 0. The maximum atomic E-state index is 13.6. The summed E-state index contributed by atoms with van der Waals surface area (Å²) >= 11 is 9.37. The Hall–Kier alpha value is -3.27. The minimum Gasteiger partial charge on any atom is -0.497 e. The number of halogens is 1. The molecule has 196 valence electrons. The minimum atomic E-state index is -0.228. The van der Waals surface area contributed by atoms with Gasteiger partial charge in [-0.25, -0.2) is 4.68 Å². The first-order valence-electron chi connectivity index (χ1n) is 12.1. The number of rotatable bonds is 7. The van der Waals surface area contributed by atoms with E-state index in [-0.39, 0.29) is 35.4 Å². The molecule has 0 fully saturated rings. The van der Waals surface area contributed by atoms with E-state index < -0.39 is 0 Å². The van der Waals surface area contributed by atoms with E-state index in [1.807, 2.05) is 67.8 Å². The molecule has 4 aromatic rings. The van der Waals surface area contributed by atoms with Gasteiger partial charge in [0.1, 0.15) is 18.1 Å². The summed E-state index contributed by atoms with van der Waals surface area (Å²) < 4.78 is 7.12. The molecule has 0 aliphatic carbocycles. The third kappa shape index (κ3) is 5.32. The number of anilines is 1. The molecule has 38 heavy (non-hydrogen) atoms. The van der Waals surface area contributed by atoms with Crippen LogP contribution in [0.1, 0.15) is 30.2 Å². The molecule has 5 rings (SSSR count). The molecule has 10 heteroatoms. The second-order valence-electron chi connectivity index (χ2n) is 9.15. The van der Waals surface area contributed by atoms with Crippen LogP contribution in [0.2, 0.25) is 5.02 Å². The van der Waals surface area contributed by atoms with Gasteiger partial charge in [0, 0.05) is 22.2 Å². The average molecular weight is 567 g/mol. The maximum Gasteiger partial charge on any atom is 0.240 e. The number of fused-ring (bicyclic) bond motifs is 1. The van der Waals surface area contributed by atoms with Crippen LogP contribution in [0.15, 0.2) is 65.4 Å². The Morgan fingerprint density at radius 2 is 1.89 bits per heavy atom. The molecule has 7 nitrogen and oxygen atoms in total. The zero-order valence-corrected chi connectivity index (χ0v) is 23.6. The smallest absolute Gasteiger partial charge is 0.240 e. The van der Waals surface area contributed by atoms with Crippen molar-refractivity contribution in [3.63, 3.8) is 0 Å². The minimum absolute atomic E-state index is 0.0480. The Kier molecular flexibility index (Phi) is 7.78. The number of methoxy groups -OCH3 is 1. The summed E-state index contributed by atoms with van der Waals surface area (Å²) in [6, 6.07) is 17.0. The number of hydrogen-bond donors (Lipinski definition) is 1. The fourth-order valence-electron chi connectivity index (χ4n) is 4.44. The van der Waals surface area contributed by atoms with E-state index in [4.69, 9.17) is 21.4 Å². The van der Waals surface area contributed by atoms with Gasteiger partial charge in [0.25, 0.3) is 0 Å².